The van der Waals surface area contributed by atoms with Crippen molar-refractivity contribution < 1.29 is 9.21 Å². The van der Waals surface area contributed by atoms with Crippen LogP contribution in [0.3, 0.4) is 0 Å². The normalized spacial score (nSPS) is 17.3. The van der Waals surface area contributed by atoms with Gasteiger partial charge >= 0.3 is 0 Å². The molecule has 1 aliphatic carbocycles. The van der Waals surface area contributed by atoms with Crippen LogP contribution in [0.4, 0.5) is 0 Å². The molecule has 1 aliphatic rings. The molecule has 98 valence electrons. The van der Waals surface area contributed by atoms with Gasteiger partial charge in [-0.15, -0.1) is 0 Å². The fraction of sp³-hybridized carbons (Fsp3) is 0.375. The van der Waals surface area contributed by atoms with Gasteiger partial charge in [0.25, 0.3) is 0 Å². The van der Waals surface area contributed by atoms with E-state index < -0.39 is 0 Å². The molecule has 0 bridgehead atoms. The molecule has 0 saturated carbocycles. The molecule has 3 nitrogen and oxygen atoms in total. The van der Waals surface area contributed by atoms with Crippen molar-refractivity contribution in [3.05, 3.63) is 41.4 Å². The maximum atomic E-state index is 12.2. The van der Waals surface area contributed by atoms with Crippen LogP contribution in [0.1, 0.15) is 48.4 Å². The molecule has 2 heterocycles. The number of pyridine rings is 1. The Morgan fingerprint density at radius 2 is 1.95 bits per heavy atom. The molecule has 0 radical (unpaired) electrons. The van der Waals surface area contributed by atoms with Gasteiger partial charge in [0.2, 0.25) is 0 Å². The zero-order chi connectivity index (χ0) is 13.6. The van der Waals surface area contributed by atoms with Gasteiger partial charge in [-0.1, -0.05) is 13.8 Å². The maximum absolute atomic E-state index is 12.2. The van der Waals surface area contributed by atoms with Crippen molar-refractivity contribution in [2.45, 2.75) is 39.0 Å². The Labute approximate surface area is 112 Å². The minimum Gasteiger partial charge on any atom is -0.459 e. The van der Waals surface area contributed by atoms with Gasteiger partial charge in [-0.2, -0.15) is 0 Å². The first kappa shape index (κ1) is 12.2. The average molecular weight is 255 g/mol. The molecule has 0 aromatic carbocycles. The maximum Gasteiger partial charge on any atom is 0.166 e. The van der Waals surface area contributed by atoms with E-state index in [0.717, 1.165) is 34.6 Å². The second kappa shape index (κ2) is 4.05. The molecule has 0 fully saturated rings. The standard InChI is InChI=1S/C16H17NO2/c1-10-13-12(18)4-7-16(2,3)15(13)19-14(10)11-5-8-17-9-6-11/h5-6,8-9H,4,7H2,1-3H3. The van der Waals surface area contributed by atoms with E-state index in [1.807, 2.05) is 19.1 Å². The molecular formula is C16H17NO2. The summed E-state index contributed by atoms with van der Waals surface area (Å²) in [6, 6.07) is 3.82. The third-order valence-corrected chi connectivity index (χ3v) is 3.96. The molecule has 2 aromatic rings. The molecule has 0 amide bonds. The molecule has 3 heteroatoms. The van der Waals surface area contributed by atoms with Gasteiger partial charge in [-0.3, -0.25) is 9.78 Å². The topological polar surface area (TPSA) is 43.1 Å². The van der Waals surface area contributed by atoms with Crippen molar-refractivity contribution in [1.29, 1.82) is 0 Å². The van der Waals surface area contributed by atoms with Crippen LogP contribution in [0.15, 0.2) is 28.9 Å². The highest BCUT2D eigenvalue weighted by Crippen LogP contribution is 2.43. The molecule has 0 aliphatic heterocycles. The third kappa shape index (κ3) is 1.81. The molecule has 0 atom stereocenters. The summed E-state index contributed by atoms with van der Waals surface area (Å²) in [4.78, 5) is 16.2. The first-order valence-corrected chi connectivity index (χ1v) is 6.58. The predicted octanol–water partition coefficient (Wildman–Crippen LogP) is 3.90. The number of aromatic nitrogens is 1. The SMILES string of the molecule is Cc1c(-c2ccncc2)oc2c1C(=O)CCC2(C)C. The van der Waals surface area contributed by atoms with E-state index in [-0.39, 0.29) is 11.2 Å². The van der Waals surface area contributed by atoms with Gasteiger partial charge < -0.3 is 4.42 Å². The number of Topliss-reactive ketones (excluding diaryl/α,β-unsaturated/α-hetero) is 1. The number of rotatable bonds is 1. The minimum atomic E-state index is -0.0702. The fourth-order valence-corrected chi connectivity index (χ4v) is 2.77. The zero-order valence-corrected chi connectivity index (χ0v) is 11.5. The zero-order valence-electron chi connectivity index (χ0n) is 11.5. The molecule has 2 aromatic heterocycles. The summed E-state index contributed by atoms with van der Waals surface area (Å²) in [5.74, 6) is 1.85. The van der Waals surface area contributed by atoms with E-state index in [1.165, 1.54) is 0 Å². The van der Waals surface area contributed by atoms with Crippen molar-refractivity contribution in [3.8, 4) is 11.3 Å². The van der Waals surface area contributed by atoms with E-state index >= 15 is 0 Å². The van der Waals surface area contributed by atoms with E-state index in [0.29, 0.717) is 6.42 Å². The quantitative estimate of drug-likeness (QED) is 0.776. The molecule has 0 unspecified atom stereocenters. The lowest BCUT2D eigenvalue weighted by atomic mass is 9.76. The summed E-state index contributed by atoms with van der Waals surface area (Å²) in [5.41, 5.74) is 2.66. The van der Waals surface area contributed by atoms with E-state index in [2.05, 4.69) is 18.8 Å². The van der Waals surface area contributed by atoms with Crippen LogP contribution in [0.2, 0.25) is 0 Å². The number of carbonyl (C=O) groups is 1. The number of carbonyl (C=O) groups excluding carboxylic acids is 1. The van der Waals surface area contributed by atoms with E-state index in [1.54, 1.807) is 12.4 Å². The monoisotopic (exact) mass is 255 g/mol. The Balaban J connectivity index is 2.24. The van der Waals surface area contributed by atoms with Gasteiger partial charge in [0.15, 0.2) is 5.78 Å². The lowest BCUT2D eigenvalue weighted by molar-refractivity contribution is 0.0948. The van der Waals surface area contributed by atoms with Crippen LogP contribution in [0.25, 0.3) is 11.3 Å². The first-order chi connectivity index (χ1) is 9.00. The van der Waals surface area contributed by atoms with Gasteiger partial charge in [-0.25, -0.2) is 0 Å². The molecule has 3 rings (SSSR count). The van der Waals surface area contributed by atoms with E-state index in [9.17, 15) is 4.79 Å². The number of fused-ring (bicyclic) bond motifs is 1. The summed E-state index contributed by atoms with van der Waals surface area (Å²) in [6.07, 6.45) is 4.93. The molecule has 0 saturated heterocycles. The summed E-state index contributed by atoms with van der Waals surface area (Å²) >= 11 is 0. The second-order valence-corrected chi connectivity index (χ2v) is 5.80. The number of nitrogens with zero attached hydrogens (tertiary/aromatic N) is 1. The Morgan fingerprint density at radius 1 is 1.26 bits per heavy atom. The summed E-state index contributed by atoms with van der Waals surface area (Å²) in [6.45, 7) is 6.24. The van der Waals surface area contributed by atoms with Crippen molar-refractivity contribution in [2.24, 2.45) is 0 Å². The highest BCUT2D eigenvalue weighted by Gasteiger charge is 2.38. The number of hydrogen-bond donors (Lipinski definition) is 0. The average Bonchev–Trinajstić information content (AvgIpc) is 2.75. The van der Waals surface area contributed by atoms with Crippen molar-refractivity contribution in [2.75, 3.05) is 0 Å². The van der Waals surface area contributed by atoms with Gasteiger partial charge in [0.1, 0.15) is 11.5 Å². The lowest BCUT2D eigenvalue weighted by Gasteiger charge is -2.27. The van der Waals surface area contributed by atoms with Gasteiger partial charge in [0, 0.05) is 35.4 Å². The fourth-order valence-electron chi connectivity index (χ4n) is 2.77. The summed E-state index contributed by atoms with van der Waals surface area (Å²) in [7, 11) is 0. The first-order valence-electron chi connectivity index (χ1n) is 6.58. The van der Waals surface area contributed by atoms with Crippen LogP contribution < -0.4 is 0 Å². The van der Waals surface area contributed by atoms with Crippen molar-refractivity contribution >= 4 is 5.78 Å². The molecule has 0 N–H and O–H groups in total. The van der Waals surface area contributed by atoms with E-state index in [4.69, 9.17) is 4.42 Å². The molecule has 0 spiro atoms. The Hall–Kier alpha value is -1.90. The number of hydrogen-bond acceptors (Lipinski definition) is 3. The number of ketones is 1. The summed E-state index contributed by atoms with van der Waals surface area (Å²) < 4.78 is 6.06. The van der Waals surface area contributed by atoms with Gasteiger partial charge in [0.05, 0.1) is 5.56 Å². The Kier molecular flexibility index (Phi) is 2.59. The van der Waals surface area contributed by atoms with Crippen LogP contribution in [0, 0.1) is 6.92 Å². The molecular weight excluding hydrogens is 238 g/mol. The third-order valence-electron chi connectivity index (χ3n) is 3.96. The van der Waals surface area contributed by atoms with Crippen molar-refractivity contribution in [3.63, 3.8) is 0 Å². The Bertz CT molecular complexity index is 638. The van der Waals surface area contributed by atoms with Crippen LogP contribution >= 0.6 is 0 Å². The highest BCUT2D eigenvalue weighted by molar-refractivity contribution is 6.01. The smallest absolute Gasteiger partial charge is 0.166 e. The van der Waals surface area contributed by atoms with Crippen LogP contribution in [-0.4, -0.2) is 10.8 Å². The van der Waals surface area contributed by atoms with Gasteiger partial charge in [-0.05, 0) is 25.5 Å². The lowest BCUT2D eigenvalue weighted by Crippen LogP contribution is -2.26. The van der Waals surface area contributed by atoms with Crippen molar-refractivity contribution in [1.82, 2.24) is 4.98 Å². The van der Waals surface area contributed by atoms with Crippen LogP contribution in [0.5, 0.6) is 0 Å². The highest BCUT2D eigenvalue weighted by atomic mass is 16.3. The Morgan fingerprint density at radius 3 is 2.58 bits per heavy atom. The number of furan rings is 1. The summed E-state index contributed by atoms with van der Waals surface area (Å²) in [5, 5.41) is 0. The predicted molar refractivity (Wildman–Crippen MR) is 73.3 cm³/mol. The van der Waals surface area contributed by atoms with Crippen LogP contribution in [-0.2, 0) is 5.41 Å². The largest absolute Gasteiger partial charge is 0.459 e. The molecule has 19 heavy (non-hydrogen) atoms. The minimum absolute atomic E-state index is 0.0702. The second-order valence-electron chi connectivity index (χ2n) is 5.80.